The molecule has 0 saturated carbocycles. The van der Waals surface area contributed by atoms with Crippen LogP contribution < -0.4 is 5.32 Å². The Bertz CT molecular complexity index is 506. The number of halogens is 1. The maximum Gasteiger partial charge on any atom is 0.251 e. The standard InChI is InChI=1S/C16H21FN2O2/c1-11-7-12(2)10-19(9-11)15(20)8-18-16(21)13-3-5-14(17)6-4-13/h3-6,11-12H,7-10H2,1-2H3,(H,18,21). The smallest absolute Gasteiger partial charge is 0.251 e. The largest absolute Gasteiger partial charge is 0.343 e. The summed E-state index contributed by atoms with van der Waals surface area (Å²) in [5, 5.41) is 2.59. The van der Waals surface area contributed by atoms with E-state index < -0.39 is 0 Å². The summed E-state index contributed by atoms with van der Waals surface area (Å²) in [5.74, 6) is 0.167. The van der Waals surface area contributed by atoms with Crippen molar-refractivity contribution in [2.45, 2.75) is 20.3 Å². The summed E-state index contributed by atoms with van der Waals surface area (Å²) >= 11 is 0. The number of carbonyl (C=O) groups excluding carboxylic acids is 2. The zero-order chi connectivity index (χ0) is 15.4. The van der Waals surface area contributed by atoms with Crippen LogP contribution in [0.3, 0.4) is 0 Å². The molecule has 0 radical (unpaired) electrons. The lowest BCUT2D eigenvalue weighted by molar-refractivity contribution is -0.132. The van der Waals surface area contributed by atoms with E-state index in [1.807, 2.05) is 4.90 Å². The van der Waals surface area contributed by atoms with Crippen LogP contribution in [0.5, 0.6) is 0 Å². The van der Waals surface area contributed by atoms with Crippen LogP contribution >= 0.6 is 0 Å². The molecular formula is C16H21FN2O2. The Kier molecular flexibility index (Phi) is 4.94. The van der Waals surface area contributed by atoms with Crippen LogP contribution in [0, 0.1) is 17.7 Å². The van der Waals surface area contributed by atoms with Crippen molar-refractivity contribution in [2.75, 3.05) is 19.6 Å². The molecule has 5 heteroatoms. The Morgan fingerprint density at radius 3 is 2.33 bits per heavy atom. The van der Waals surface area contributed by atoms with Gasteiger partial charge in [-0.25, -0.2) is 4.39 Å². The molecule has 0 aliphatic carbocycles. The second-order valence-electron chi connectivity index (χ2n) is 5.93. The number of hydrogen-bond donors (Lipinski definition) is 1. The first-order valence-electron chi connectivity index (χ1n) is 7.27. The van der Waals surface area contributed by atoms with Crippen LogP contribution in [-0.4, -0.2) is 36.3 Å². The second-order valence-corrected chi connectivity index (χ2v) is 5.93. The second kappa shape index (κ2) is 6.70. The predicted molar refractivity (Wildman–Crippen MR) is 78.3 cm³/mol. The molecule has 114 valence electrons. The van der Waals surface area contributed by atoms with E-state index in [0.717, 1.165) is 19.5 Å². The number of hydrogen-bond acceptors (Lipinski definition) is 2. The van der Waals surface area contributed by atoms with Crippen molar-refractivity contribution < 1.29 is 14.0 Å². The van der Waals surface area contributed by atoms with E-state index in [2.05, 4.69) is 19.2 Å². The molecule has 21 heavy (non-hydrogen) atoms. The lowest BCUT2D eigenvalue weighted by Crippen LogP contribution is -2.46. The molecule has 2 unspecified atom stereocenters. The van der Waals surface area contributed by atoms with E-state index in [0.29, 0.717) is 17.4 Å². The maximum atomic E-state index is 12.8. The number of benzene rings is 1. The van der Waals surface area contributed by atoms with Gasteiger partial charge in [-0.2, -0.15) is 0 Å². The van der Waals surface area contributed by atoms with Crippen molar-refractivity contribution in [1.29, 1.82) is 0 Å². The molecule has 0 bridgehead atoms. The van der Waals surface area contributed by atoms with Crippen LogP contribution in [0.4, 0.5) is 4.39 Å². The number of rotatable bonds is 3. The molecule has 1 N–H and O–H groups in total. The van der Waals surface area contributed by atoms with Gasteiger partial charge in [-0.1, -0.05) is 13.8 Å². The van der Waals surface area contributed by atoms with E-state index in [-0.39, 0.29) is 24.2 Å². The fourth-order valence-electron chi connectivity index (χ4n) is 2.84. The van der Waals surface area contributed by atoms with E-state index in [1.54, 1.807) is 0 Å². The van der Waals surface area contributed by atoms with Gasteiger partial charge in [0.15, 0.2) is 0 Å². The highest BCUT2D eigenvalue weighted by Gasteiger charge is 2.25. The van der Waals surface area contributed by atoms with Gasteiger partial charge in [0, 0.05) is 18.7 Å². The highest BCUT2D eigenvalue weighted by atomic mass is 19.1. The molecule has 0 aromatic heterocycles. The molecule has 1 aliphatic heterocycles. The number of amides is 2. The SMILES string of the molecule is CC1CC(C)CN(C(=O)CNC(=O)c2ccc(F)cc2)C1. The van der Waals surface area contributed by atoms with Gasteiger partial charge in [0.25, 0.3) is 5.91 Å². The fourth-order valence-corrected chi connectivity index (χ4v) is 2.84. The molecule has 0 spiro atoms. The number of likely N-dealkylation sites (tertiary alicyclic amines) is 1. The summed E-state index contributed by atoms with van der Waals surface area (Å²) < 4.78 is 12.8. The topological polar surface area (TPSA) is 49.4 Å². The van der Waals surface area contributed by atoms with Gasteiger partial charge in [-0.05, 0) is 42.5 Å². The van der Waals surface area contributed by atoms with Crippen molar-refractivity contribution in [3.63, 3.8) is 0 Å². The zero-order valence-corrected chi connectivity index (χ0v) is 12.4. The van der Waals surface area contributed by atoms with Gasteiger partial charge < -0.3 is 10.2 Å². The maximum absolute atomic E-state index is 12.8. The first-order chi connectivity index (χ1) is 9.95. The Balaban J connectivity index is 1.86. The number of carbonyl (C=O) groups is 2. The van der Waals surface area contributed by atoms with Crippen molar-refractivity contribution >= 4 is 11.8 Å². The lowest BCUT2D eigenvalue weighted by atomic mass is 9.92. The molecule has 1 heterocycles. The number of piperidine rings is 1. The minimum atomic E-state index is -0.390. The van der Waals surface area contributed by atoms with E-state index >= 15 is 0 Å². The summed E-state index contributed by atoms with van der Waals surface area (Å²) in [4.78, 5) is 25.8. The van der Waals surface area contributed by atoms with E-state index in [4.69, 9.17) is 0 Å². The molecule has 2 rings (SSSR count). The van der Waals surface area contributed by atoms with Crippen molar-refractivity contribution in [1.82, 2.24) is 10.2 Å². The zero-order valence-electron chi connectivity index (χ0n) is 12.4. The van der Waals surface area contributed by atoms with Crippen molar-refractivity contribution in [2.24, 2.45) is 11.8 Å². The molecule has 2 amide bonds. The molecular weight excluding hydrogens is 271 g/mol. The number of nitrogens with zero attached hydrogens (tertiary/aromatic N) is 1. The first-order valence-corrected chi connectivity index (χ1v) is 7.27. The Hall–Kier alpha value is -1.91. The van der Waals surface area contributed by atoms with Crippen LogP contribution in [-0.2, 0) is 4.79 Å². The van der Waals surface area contributed by atoms with Gasteiger partial charge in [0.1, 0.15) is 5.82 Å². The van der Waals surface area contributed by atoms with Gasteiger partial charge >= 0.3 is 0 Å². The molecule has 4 nitrogen and oxygen atoms in total. The molecule has 1 fully saturated rings. The highest BCUT2D eigenvalue weighted by Crippen LogP contribution is 2.20. The third-order valence-corrected chi connectivity index (χ3v) is 3.73. The van der Waals surface area contributed by atoms with Crippen molar-refractivity contribution in [3.8, 4) is 0 Å². The predicted octanol–water partition coefficient (Wildman–Crippen LogP) is 2.06. The van der Waals surface area contributed by atoms with Crippen LogP contribution in [0.15, 0.2) is 24.3 Å². The molecule has 1 aromatic carbocycles. The Morgan fingerprint density at radius 2 is 1.76 bits per heavy atom. The third kappa shape index (κ3) is 4.28. The van der Waals surface area contributed by atoms with Gasteiger partial charge in [-0.15, -0.1) is 0 Å². The van der Waals surface area contributed by atoms with E-state index in [9.17, 15) is 14.0 Å². The van der Waals surface area contributed by atoms with E-state index in [1.165, 1.54) is 24.3 Å². The van der Waals surface area contributed by atoms with Gasteiger partial charge in [-0.3, -0.25) is 9.59 Å². The summed E-state index contributed by atoms with van der Waals surface area (Å²) in [6, 6.07) is 5.26. The Morgan fingerprint density at radius 1 is 1.19 bits per heavy atom. The minimum absolute atomic E-state index is 0.0182. The molecule has 1 aromatic rings. The highest BCUT2D eigenvalue weighted by molar-refractivity contribution is 5.96. The fraction of sp³-hybridized carbons (Fsp3) is 0.500. The number of nitrogens with one attached hydrogen (secondary N) is 1. The summed E-state index contributed by atoms with van der Waals surface area (Å²) in [6.45, 7) is 5.74. The first kappa shape index (κ1) is 15.5. The molecule has 1 saturated heterocycles. The van der Waals surface area contributed by atoms with Gasteiger partial charge in [0.05, 0.1) is 6.54 Å². The van der Waals surface area contributed by atoms with Crippen LogP contribution in [0.1, 0.15) is 30.6 Å². The summed E-state index contributed by atoms with van der Waals surface area (Å²) in [6.07, 6.45) is 1.13. The van der Waals surface area contributed by atoms with Gasteiger partial charge in [0.2, 0.25) is 5.91 Å². The lowest BCUT2D eigenvalue weighted by Gasteiger charge is -2.35. The average molecular weight is 292 g/mol. The Labute approximate surface area is 124 Å². The summed E-state index contributed by atoms with van der Waals surface area (Å²) in [7, 11) is 0. The third-order valence-electron chi connectivity index (χ3n) is 3.73. The molecule has 2 atom stereocenters. The van der Waals surface area contributed by atoms with Crippen LogP contribution in [0.25, 0.3) is 0 Å². The normalized spacial score (nSPS) is 22.0. The molecule has 1 aliphatic rings. The summed E-state index contributed by atoms with van der Waals surface area (Å²) in [5.41, 5.74) is 0.351. The van der Waals surface area contributed by atoms with Crippen molar-refractivity contribution in [3.05, 3.63) is 35.6 Å². The quantitative estimate of drug-likeness (QED) is 0.927. The van der Waals surface area contributed by atoms with Crippen LogP contribution in [0.2, 0.25) is 0 Å². The monoisotopic (exact) mass is 292 g/mol. The minimum Gasteiger partial charge on any atom is -0.343 e. The average Bonchev–Trinajstić information content (AvgIpc) is 2.44.